The minimum absolute atomic E-state index is 0.304. The standard InChI is InChI=1S/C16H28N4O/c1-4-7-17-14-10-15(19-16(18-14)12(2)3)20-8-5-13(11-21)6-9-20/h10,12-13,21H,4-9,11H2,1-3H3,(H,17,18,19). The lowest BCUT2D eigenvalue weighted by atomic mass is 9.98. The highest BCUT2D eigenvalue weighted by Crippen LogP contribution is 2.25. The SMILES string of the molecule is CCCNc1cc(N2CCC(CO)CC2)nc(C(C)C)n1. The van der Waals surface area contributed by atoms with Crippen LogP contribution in [-0.2, 0) is 0 Å². The van der Waals surface area contributed by atoms with Gasteiger partial charge in [0.15, 0.2) is 0 Å². The molecule has 1 aliphatic heterocycles. The summed E-state index contributed by atoms with van der Waals surface area (Å²) < 4.78 is 0. The Morgan fingerprint density at radius 1 is 1.33 bits per heavy atom. The second-order valence-electron chi connectivity index (χ2n) is 6.16. The Bertz CT molecular complexity index is 442. The minimum atomic E-state index is 0.304. The van der Waals surface area contributed by atoms with Gasteiger partial charge >= 0.3 is 0 Å². The largest absolute Gasteiger partial charge is 0.396 e. The van der Waals surface area contributed by atoms with Crippen LogP contribution in [0.4, 0.5) is 11.6 Å². The van der Waals surface area contributed by atoms with Crippen molar-refractivity contribution in [3.8, 4) is 0 Å². The van der Waals surface area contributed by atoms with Gasteiger partial charge in [0.2, 0.25) is 0 Å². The van der Waals surface area contributed by atoms with Crippen molar-refractivity contribution >= 4 is 11.6 Å². The van der Waals surface area contributed by atoms with Crippen LogP contribution in [0.15, 0.2) is 6.07 Å². The third kappa shape index (κ3) is 4.30. The molecule has 0 aliphatic carbocycles. The second kappa shape index (κ2) is 7.59. The molecule has 2 N–H and O–H groups in total. The maximum absolute atomic E-state index is 9.25. The van der Waals surface area contributed by atoms with E-state index in [9.17, 15) is 5.11 Å². The van der Waals surface area contributed by atoms with Crippen LogP contribution < -0.4 is 10.2 Å². The number of aliphatic hydroxyl groups excluding tert-OH is 1. The molecule has 0 atom stereocenters. The minimum Gasteiger partial charge on any atom is -0.396 e. The van der Waals surface area contributed by atoms with Crippen LogP contribution in [0.3, 0.4) is 0 Å². The first-order valence-corrected chi connectivity index (χ1v) is 8.12. The number of anilines is 2. The number of aromatic nitrogens is 2. The first kappa shape index (κ1) is 16.0. The molecule has 0 aromatic carbocycles. The number of nitrogens with zero attached hydrogens (tertiary/aromatic N) is 3. The monoisotopic (exact) mass is 292 g/mol. The van der Waals surface area contributed by atoms with Gasteiger partial charge in [-0.15, -0.1) is 0 Å². The molecule has 5 nitrogen and oxygen atoms in total. The number of aliphatic hydroxyl groups is 1. The third-order valence-corrected chi connectivity index (χ3v) is 4.00. The molecule has 0 bridgehead atoms. The molecule has 1 fully saturated rings. The Hall–Kier alpha value is -1.36. The Morgan fingerprint density at radius 3 is 2.62 bits per heavy atom. The van der Waals surface area contributed by atoms with Crippen molar-refractivity contribution in [1.82, 2.24) is 9.97 Å². The zero-order chi connectivity index (χ0) is 15.2. The van der Waals surface area contributed by atoms with Crippen molar-refractivity contribution in [1.29, 1.82) is 0 Å². The summed E-state index contributed by atoms with van der Waals surface area (Å²) in [6.45, 7) is 9.57. The molecule has 21 heavy (non-hydrogen) atoms. The van der Waals surface area contributed by atoms with Gasteiger partial charge in [0.25, 0.3) is 0 Å². The van der Waals surface area contributed by atoms with Gasteiger partial charge in [-0.1, -0.05) is 20.8 Å². The topological polar surface area (TPSA) is 61.3 Å². The molecular weight excluding hydrogens is 264 g/mol. The van der Waals surface area contributed by atoms with Gasteiger partial charge in [-0.2, -0.15) is 0 Å². The smallest absolute Gasteiger partial charge is 0.135 e. The number of hydrogen-bond donors (Lipinski definition) is 2. The highest BCUT2D eigenvalue weighted by molar-refractivity contribution is 5.50. The van der Waals surface area contributed by atoms with E-state index in [4.69, 9.17) is 4.98 Å². The predicted molar refractivity (Wildman–Crippen MR) is 86.9 cm³/mol. The van der Waals surface area contributed by atoms with E-state index >= 15 is 0 Å². The lowest BCUT2D eigenvalue weighted by Gasteiger charge is -2.32. The Balaban J connectivity index is 2.15. The number of piperidine rings is 1. The summed E-state index contributed by atoms with van der Waals surface area (Å²) in [5.41, 5.74) is 0. The maximum Gasteiger partial charge on any atom is 0.135 e. The summed E-state index contributed by atoms with van der Waals surface area (Å²) in [5, 5.41) is 12.6. The summed E-state index contributed by atoms with van der Waals surface area (Å²) in [6.07, 6.45) is 3.16. The Kier molecular flexibility index (Phi) is 5.79. The molecule has 2 heterocycles. The van der Waals surface area contributed by atoms with Gasteiger partial charge < -0.3 is 15.3 Å². The molecule has 0 spiro atoms. The first-order chi connectivity index (χ1) is 10.1. The van der Waals surface area contributed by atoms with Crippen LogP contribution in [0, 0.1) is 5.92 Å². The van der Waals surface area contributed by atoms with Crippen molar-refractivity contribution < 1.29 is 5.11 Å². The van der Waals surface area contributed by atoms with Crippen molar-refractivity contribution in [3.63, 3.8) is 0 Å². The van der Waals surface area contributed by atoms with Gasteiger partial charge in [-0.25, -0.2) is 9.97 Å². The molecule has 1 aromatic heterocycles. The van der Waals surface area contributed by atoms with Crippen LogP contribution >= 0.6 is 0 Å². The first-order valence-electron chi connectivity index (χ1n) is 8.12. The van der Waals surface area contributed by atoms with Gasteiger partial charge in [0.05, 0.1) is 0 Å². The van der Waals surface area contributed by atoms with E-state index in [-0.39, 0.29) is 0 Å². The molecule has 0 unspecified atom stereocenters. The quantitative estimate of drug-likeness (QED) is 0.844. The van der Waals surface area contributed by atoms with Gasteiger partial charge in [-0.05, 0) is 25.2 Å². The third-order valence-electron chi connectivity index (χ3n) is 4.00. The Morgan fingerprint density at radius 2 is 2.05 bits per heavy atom. The summed E-state index contributed by atoms with van der Waals surface area (Å²) in [4.78, 5) is 11.7. The summed E-state index contributed by atoms with van der Waals surface area (Å²) in [7, 11) is 0. The average molecular weight is 292 g/mol. The number of hydrogen-bond acceptors (Lipinski definition) is 5. The molecule has 0 radical (unpaired) electrons. The average Bonchev–Trinajstić information content (AvgIpc) is 2.52. The molecule has 1 saturated heterocycles. The highest BCUT2D eigenvalue weighted by atomic mass is 16.3. The van der Waals surface area contributed by atoms with Crippen LogP contribution in [0.2, 0.25) is 0 Å². The van der Waals surface area contributed by atoms with E-state index in [1.807, 2.05) is 0 Å². The van der Waals surface area contributed by atoms with Crippen molar-refractivity contribution in [2.75, 3.05) is 36.5 Å². The Labute approximate surface area is 127 Å². The lowest BCUT2D eigenvalue weighted by Crippen LogP contribution is -2.35. The number of rotatable bonds is 6. The van der Waals surface area contributed by atoms with Crippen molar-refractivity contribution in [2.24, 2.45) is 5.92 Å². The van der Waals surface area contributed by atoms with E-state index < -0.39 is 0 Å². The van der Waals surface area contributed by atoms with E-state index in [1.54, 1.807) is 0 Å². The molecular formula is C16H28N4O. The molecule has 5 heteroatoms. The van der Waals surface area contributed by atoms with Crippen LogP contribution in [0.5, 0.6) is 0 Å². The van der Waals surface area contributed by atoms with E-state index in [2.05, 4.69) is 42.0 Å². The number of nitrogens with one attached hydrogen (secondary N) is 1. The lowest BCUT2D eigenvalue weighted by molar-refractivity contribution is 0.202. The molecule has 118 valence electrons. The van der Waals surface area contributed by atoms with Crippen LogP contribution in [0.1, 0.15) is 51.8 Å². The zero-order valence-electron chi connectivity index (χ0n) is 13.5. The molecule has 1 aromatic rings. The fourth-order valence-corrected chi connectivity index (χ4v) is 2.56. The highest BCUT2D eigenvalue weighted by Gasteiger charge is 2.21. The fraction of sp³-hybridized carbons (Fsp3) is 0.750. The van der Waals surface area contributed by atoms with Gasteiger partial charge in [0, 0.05) is 38.2 Å². The van der Waals surface area contributed by atoms with E-state index in [1.165, 1.54) is 0 Å². The normalized spacial score (nSPS) is 16.5. The fourth-order valence-electron chi connectivity index (χ4n) is 2.56. The van der Waals surface area contributed by atoms with Crippen LogP contribution in [-0.4, -0.2) is 41.3 Å². The van der Waals surface area contributed by atoms with Gasteiger partial charge in [0.1, 0.15) is 17.5 Å². The van der Waals surface area contributed by atoms with Crippen molar-refractivity contribution in [3.05, 3.63) is 11.9 Å². The zero-order valence-corrected chi connectivity index (χ0v) is 13.5. The molecule has 2 rings (SSSR count). The molecule has 0 amide bonds. The maximum atomic E-state index is 9.25. The van der Waals surface area contributed by atoms with Gasteiger partial charge in [-0.3, -0.25) is 0 Å². The van der Waals surface area contributed by atoms with Crippen molar-refractivity contribution in [2.45, 2.75) is 46.0 Å². The molecule has 1 aliphatic rings. The van der Waals surface area contributed by atoms with E-state index in [0.29, 0.717) is 18.4 Å². The van der Waals surface area contributed by atoms with E-state index in [0.717, 1.165) is 56.4 Å². The summed E-state index contributed by atoms with van der Waals surface area (Å²) in [5.74, 6) is 3.61. The second-order valence-corrected chi connectivity index (χ2v) is 6.16. The van der Waals surface area contributed by atoms with Crippen LogP contribution in [0.25, 0.3) is 0 Å². The molecule has 0 saturated carbocycles. The summed E-state index contributed by atoms with van der Waals surface area (Å²) in [6, 6.07) is 2.06. The predicted octanol–water partition coefficient (Wildman–Crippen LogP) is 2.63. The summed E-state index contributed by atoms with van der Waals surface area (Å²) >= 11 is 0.